The van der Waals surface area contributed by atoms with Gasteiger partial charge in [-0.15, -0.1) is 4.68 Å². The van der Waals surface area contributed by atoms with E-state index in [2.05, 4.69) is 42.9 Å². The van der Waals surface area contributed by atoms with Crippen LogP contribution in [0.1, 0.15) is 20.8 Å². The van der Waals surface area contributed by atoms with Gasteiger partial charge in [0.15, 0.2) is 12.3 Å². The third kappa shape index (κ3) is 1.56. The SMILES string of the molecule is CC1=CC2C(C=C1O)C=[N+](C(C)C)N2C. The summed E-state index contributed by atoms with van der Waals surface area (Å²) < 4.78 is 2.23. The average Bonchev–Trinajstić information content (AvgIpc) is 2.46. The molecule has 0 spiro atoms. The number of fused-ring (bicyclic) bond motifs is 1. The Labute approximate surface area is 91.0 Å². The minimum Gasteiger partial charge on any atom is -0.508 e. The van der Waals surface area contributed by atoms with Gasteiger partial charge in [-0.05, 0) is 38.5 Å². The van der Waals surface area contributed by atoms with Gasteiger partial charge in [0.2, 0.25) is 0 Å². The van der Waals surface area contributed by atoms with E-state index in [1.54, 1.807) is 0 Å². The molecular weight excluding hydrogens is 188 g/mol. The van der Waals surface area contributed by atoms with Crippen LogP contribution < -0.4 is 0 Å². The lowest BCUT2D eigenvalue weighted by atomic mass is 9.93. The van der Waals surface area contributed by atoms with Gasteiger partial charge in [-0.25, -0.2) is 0 Å². The Balaban J connectivity index is 2.32. The molecule has 15 heavy (non-hydrogen) atoms. The van der Waals surface area contributed by atoms with Crippen LogP contribution in [0, 0.1) is 5.92 Å². The van der Waals surface area contributed by atoms with E-state index in [4.69, 9.17) is 0 Å². The van der Waals surface area contributed by atoms with Crippen LogP contribution in [-0.4, -0.2) is 40.1 Å². The summed E-state index contributed by atoms with van der Waals surface area (Å²) in [6.45, 7) is 6.29. The summed E-state index contributed by atoms with van der Waals surface area (Å²) >= 11 is 0. The molecule has 3 nitrogen and oxygen atoms in total. The van der Waals surface area contributed by atoms with Gasteiger partial charge in [0, 0.05) is 0 Å². The number of rotatable bonds is 1. The van der Waals surface area contributed by atoms with Crippen LogP contribution in [-0.2, 0) is 0 Å². The van der Waals surface area contributed by atoms with Crippen molar-refractivity contribution in [3.8, 4) is 0 Å². The zero-order valence-electron chi connectivity index (χ0n) is 9.81. The molecule has 2 unspecified atom stereocenters. The monoisotopic (exact) mass is 207 g/mol. The molecule has 0 fully saturated rings. The Morgan fingerprint density at radius 2 is 2.07 bits per heavy atom. The summed E-state index contributed by atoms with van der Waals surface area (Å²) in [6.07, 6.45) is 6.27. The number of allylic oxidation sites excluding steroid dienone is 1. The van der Waals surface area contributed by atoms with Gasteiger partial charge in [-0.2, -0.15) is 5.01 Å². The molecule has 0 bridgehead atoms. The van der Waals surface area contributed by atoms with Crippen molar-refractivity contribution in [2.24, 2.45) is 5.92 Å². The van der Waals surface area contributed by atoms with Crippen molar-refractivity contribution in [3.63, 3.8) is 0 Å². The van der Waals surface area contributed by atoms with Crippen LogP contribution in [0.15, 0.2) is 23.5 Å². The van der Waals surface area contributed by atoms with Crippen molar-refractivity contribution >= 4 is 6.21 Å². The minimum atomic E-state index is 0.307. The van der Waals surface area contributed by atoms with Crippen molar-refractivity contribution < 1.29 is 9.79 Å². The lowest BCUT2D eigenvalue weighted by Gasteiger charge is -2.23. The molecule has 1 aliphatic heterocycles. The smallest absolute Gasteiger partial charge is 0.180 e. The average molecular weight is 207 g/mol. The summed E-state index contributed by atoms with van der Waals surface area (Å²) in [7, 11) is 2.10. The van der Waals surface area contributed by atoms with E-state index in [-0.39, 0.29) is 0 Å². The van der Waals surface area contributed by atoms with Crippen molar-refractivity contribution in [1.29, 1.82) is 0 Å². The van der Waals surface area contributed by atoms with E-state index in [1.807, 2.05) is 13.0 Å². The Bertz CT molecular complexity index is 366. The second kappa shape index (κ2) is 3.40. The first-order valence-electron chi connectivity index (χ1n) is 5.46. The predicted molar refractivity (Wildman–Crippen MR) is 61.0 cm³/mol. The first kappa shape index (κ1) is 10.3. The Morgan fingerprint density at radius 1 is 1.40 bits per heavy atom. The van der Waals surface area contributed by atoms with Crippen LogP contribution in [0.5, 0.6) is 0 Å². The number of aliphatic hydroxyl groups is 1. The number of aliphatic hydroxyl groups excluding tert-OH is 1. The molecule has 1 heterocycles. The highest BCUT2D eigenvalue weighted by molar-refractivity contribution is 5.63. The molecule has 0 saturated heterocycles. The highest BCUT2D eigenvalue weighted by Crippen LogP contribution is 2.27. The summed E-state index contributed by atoms with van der Waals surface area (Å²) in [5.74, 6) is 0.729. The second-order valence-electron chi connectivity index (χ2n) is 4.67. The zero-order chi connectivity index (χ0) is 11.2. The predicted octanol–water partition coefficient (Wildman–Crippen LogP) is 1.73. The highest BCUT2D eigenvalue weighted by Gasteiger charge is 2.39. The number of hydrazone groups is 1. The Kier molecular flexibility index (Phi) is 2.33. The van der Waals surface area contributed by atoms with Crippen LogP contribution >= 0.6 is 0 Å². The van der Waals surface area contributed by atoms with Crippen molar-refractivity contribution in [2.75, 3.05) is 7.05 Å². The molecule has 0 aromatic carbocycles. The zero-order valence-corrected chi connectivity index (χ0v) is 9.81. The van der Waals surface area contributed by atoms with Gasteiger partial charge >= 0.3 is 0 Å². The maximum Gasteiger partial charge on any atom is 0.180 e. The summed E-state index contributed by atoms with van der Waals surface area (Å²) in [5, 5.41) is 11.9. The third-order valence-corrected chi connectivity index (χ3v) is 3.22. The van der Waals surface area contributed by atoms with Gasteiger partial charge in [-0.1, -0.05) is 0 Å². The van der Waals surface area contributed by atoms with E-state index in [0.717, 1.165) is 5.57 Å². The molecule has 0 aromatic rings. The first-order chi connectivity index (χ1) is 7.00. The molecule has 1 aliphatic carbocycles. The lowest BCUT2D eigenvalue weighted by Crippen LogP contribution is -2.38. The molecule has 2 atom stereocenters. The maximum atomic E-state index is 9.67. The lowest BCUT2D eigenvalue weighted by molar-refractivity contribution is -0.700. The Morgan fingerprint density at radius 3 is 2.67 bits per heavy atom. The Hall–Kier alpha value is -1.25. The molecule has 2 rings (SSSR count). The largest absolute Gasteiger partial charge is 0.508 e. The number of hydrazine groups is 1. The normalized spacial score (nSPS) is 29.9. The molecule has 0 radical (unpaired) electrons. The van der Waals surface area contributed by atoms with Crippen LogP contribution in [0.4, 0.5) is 0 Å². The first-order valence-corrected chi connectivity index (χ1v) is 5.46. The van der Waals surface area contributed by atoms with E-state index >= 15 is 0 Å². The maximum absolute atomic E-state index is 9.67. The van der Waals surface area contributed by atoms with Gasteiger partial charge in [0.05, 0.1) is 13.0 Å². The molecule has 0 aromatic heterocycles. The quantitative estimate of drug-likeness (QED) is 0.663. The molecule has 0 amide bonds. The molecule has 1 N–H and O–H groups in total. The molecule has 2 aliphatic rings. The van der Waals surface area contributed by atoms with E-state index in [0.29, 0.717) is 23.8 Å². The fraction of sp³-hybridized carbons (Fsp3) is 0.583. The van der Waals surface area contributed by atoms with Crippen LogP contribution in [0.2, 0.25) is 0 Å². The molecule has 0 saturated carbocycles. The second-order valence-corrected chi connectivity index (χ2v) is 4.67. The van der Waals surface area contributed by atoms with Gasteiger partial charge in [0.1, 0.15) is 11.8 Å². The van der Waals surface area contributed by atoms with Crippen molar-refractivity contribution in [3.05, 3.63) is 23.5 Å². The van der Waals surface area contributed by atoms with Crippen molar-refractivity contribution in [1.82, 2.24) is 5.01 Å². The summed E-state index contributed by atoms with van der Waals surface area (Å²) in [6, 6.07) is 0.827. The number of nitrogens with zero attached hydrogens (tertiary/aromatic N) is 2. The number of likely N-dealkylation sites (N-methyl/N-ethyl adjacent to an activating group) is 1. The van der Waals surface area contributed by atoms with Gasteiger partial charge in [-0.3, -0.25) is 0 Å². The third-order valence-electron chi connectivity index (χ3n) is 3.22. The number of hydrogen-bond acceptors (Lipinski definition) is 2. The van der Waals surface area contributed by atoms with Gasteiger partial charge < -0.3 is 5.11 Å². The van der Waals surface area contributed by atoms with E-state index in [9.17, 15) is 5.11 Å². The minimum absolute atomic E-state index is 0.307. The summed E-state index contributed by atoms with van der Waals surface area (Å²) in [5.41, 5.74) is 0.974. The fourth-order valence-corrected chi connectivity index (χ4v) is 2.33. The van der Waals surface area contributed by atoms with Crippen LogP contribution in [0.25, 0.3) is 0 Å². The molecule has 3 heteroatoms. The summed E-state index contributed by atoms with van der Waals surface area (Å²) in [4.78, 5) is 0. The van der Waals surface area contributed by atoms with E-state index < -0.39 is 0 Å². The van der Waals surface area contributed by atoms with Crippen LogP contribution in [0.3, 0.4) is 0 Å². The van der Waals surface area contributed by atoms with Gasteiger partial charge in [0.25, 0.3) is 0 Å². The van der Waals surface area contributed by atoms with E-state index in [1.165, 1.54) is 0 Å². The molecular formula is C12H19N2O+. The standard InChI is InChI=1S/C12H18N2O/c1-8(2)14-7-10-6-12(15)9(3)5-11(10)13(14)4/h5-8,10-11H,1-4H3/p+1. The fourth-order valence-electron chi connectivity index (χ4n) is 2.33. The topological polar surface area (TPSA) is 26.5 Å². The van der Waals surface area contributed by atoms with Crippen molar-refractivity contribution in [2.45, 2.75) is 32.9 Å². The highest BCUT2D eigenvalue weighted by atomic mass is 16.3. The number of hydrogen-bond donors (Lipinski definition) is 1. The molecule has 82 valence electrons.